The molecule has 1 aromatic carbocycles. The minimum Gasteiger partial charge on any atom is -0.456 e. The number of carbonyl (C=O) groups is 3. The molecule has 1 saturated heterocycles. The lowest BCUT2D eigenvalue weighted by molar-refractivity contribution is -0.151. The molecule has 0 atom stereocenters. The summed E-state index contributed by atoms with van der Waals surface area (Å²) in [5, 5.41) is 0. The van der Waals surface area contributed by atoms with E-state index in [1.165, 1.54) is 24.3 Å². The number of carbonyl (C=O) groups excluding carboxylic acids is 3. The van der Waals surface area contributed by atoms with Crippen LogP contribution in [0.2, 0.25) is 0 Å². The first kappa shape index (κ1) is 17.1. The molecule has 0 bridgehead atoms. The lowest BCUT2D eigenvalue weighted by Gasteiger charge is -2.14. The van der Waals surface area contributed by atoms with Gasteiger partial charge in [0.2, 0.25) is 0 Å². The second-order valence-electron chi connectivity index (χ2n) is 5.53. The van der Waals surface area contributed by atoms with Crippen LogP contribution in [0, 0.1) is 5.82 Å². The standard InChI is InChI=1S/C17H20FNO4/c18-14-8-6-13(7-9-14)15(20)4-3-5-17(22)23-12-16(21)19-10-1-2-11-19/h6-9H,1-5,10-12H2. The summed E-state index contributed by atoms with van der Waals surface area (Å²) >= 11 is 0. The smallest absolute Gasteiger partial charge is 0.306 e. The molecule has 1 aliphatic heterocycles. The summed E-state index contributed by atoms with van der Waals surface area (Å²) in [4.78, 5) is 36.8. The number of Topliss-reactive ketones (excluding diaryl/α,β-unsaturated/α-hetero) is 1. The first-order valence-corrected chi connectivity index (χ1v) is 7.78. The number of halogens is 1. The number of benzene rings is 1. The van der Waals surface area contributed by atoms with Crippen molar-refractivity contribution in [1.29, 1.82) is 0 Å². The zero-order valence-electron chi connectivity index (χ0n) is 12.9. The quantitative estimate of drug-likeness (QED) is 0.571. The maximum Gasteiger partial charge on any atom is 0.306 e. The Labute approximate surface area is 134 Å². The largest absolute Gasteiger partial charge is 0.456 e. The van der Waals surface area contributed by atoms with Crippen LogP contribution in [0.25, 0.3) is 0 Å². The zero-order valence-corrected chi connectivity index (χ0v) is 12.9. The van der Waals surface area contributed by atoms with Crippen molar-refractivity contribution in [3.05, 3.63) is 35.6 Å². The molecule has 23 heavy (non-hydrogen) atoms. The van der Waals surface area contributed by atoms with Crippen LogP contribution < -0.4 is 0 Å². The minimum atomic E-state index is -0.482. The van der Waals surface area contributed by atoms with Crippen molar-refractivity contribution in [1.82, 2.24) is 4.90 Å². The second kappa shape index (κ2) is 8.41. The van der Waals surface area contributed by atoms with Gasteiger partial charge in [-0.3, -0.25) is 14.4 Å². The van der Waals surface area contributed by atoms with Gasteiger partial charge in [0.05, 0.1) is 0 Å². The molecular formula is C17H20FNO4. The molecule has 0 radical (unpaired) electrons. The van der Waals surface area contributed by atoms with Gasteiger partial charge in [-0.25, -0.2) is 4.39 Å². The Morgan fingerprint density at radius 2 is 1.70 bits per heavy atom. The highest BCUT2D eigenvalue weighted by Gasteiger charge is 2.19. The number of ether oxygens (including phenoxy) is 1. The van der Waals surface area contributed by atoms with E-state index in [1.54, 1.807) is 4.90 Å². The molecule has 0 aromatic heterocycles. The van der Waals surface area contributed by atoms with E-state index in [1.807, 2.05) is 0 Å². The third-order valence-electron chi connectivity index (χ3n) is 3.77. The van der Waals surface area contributed by atoms with E-state index in [0.29, 0.717) is 12.0 Å². The van der Waals surface area contributed by atoms with E-state index in [-0.39, 0.29) is 31.1 Å². The molecule has 2 rings (SSSR count). The second-order valence-corrected chi connectivity index (χ2v) is 5.53. The minimum absolute atomic E-state index is 0.0835. The Hall–Kier alpha value is -2.24. The van der Waals surface area contributed by atoms with E-state index in [4.69, 9.17) is 4.74 Å². The number of likely N-dealkylation sites (tertiary alicyclic amines) is 1. The Bertz CT molecular complexity index is 564. The van der Waals surface area contributed by atoms with Crippen molar-refractivity contribution >= 4 is 17.7 Å². The fraction of sp³-hybridized carbons (Fsp3) is 0.471. The number of nitrogens with zero attached hydrogens (tertiary/aromatic N) is 1. The number of hydrogen-bond donors (Lipinski definition) is 0. The van der Waals surface area contributed by atoms with Gasteiger partial charge in [0.1, 0.15) is 5.82 Å². The molecule has 1 fully saturated rings. The molecule has 0 spiro atoms. The van der Waals surface area contributed by atoms with Gasteiger partial charge in [-0.2, -0.15) is 0 Å². The predicted molar refractivity (Wildman–Crippen MR) is 81.4 cm³/mol. The van der Waals surface area contributed by atoms with E-state index >= 15 is 0 Å². The summed E-state index contributed by atoms with van der Waals surface area (Å²) in [6.45, 7) is 1.22. The summed E-state index contributed by atoms with van der Waals surface area (Å²) in [5.41, 5.74) is 0.420. The first-order valence-electron chi connectivity index (χ1n) is 7.78. The summed E-state index contributed by atoms with van der Waals surface area (Å²) in [6, 6.07) is 5.30. The van der Waals surface area contributed by atoms with Crippen LogP contribution in [0.3, 0.4) is 0 Å². The maximum absolute atomic E-state index is 12.8. The summed E-state index contributed by atoms with van der Waals surface area (Å²) < 4.78 is 17.7. The first-order chi connectivity index (χ1) is 11.1. The number of amides is 1. The van der Waals surface area contributed by atoms with Crippen molar-refractivity contribution in [3.63, 3.8) is 0 Å². The lowest BCUT2D eigenvalue weighted by atomic mass is 10.1. The number of esters is 1. The van der Waals surface area contributed by atoms with Crippen LogP contribution in [-0.4, -0.2) is 42.3 Å². The predicted octanol–water partition coefficient (Wildman–Crippen LogP) is 2.34. The van der Waals surface area contributed by atoms with Gasteiger partial charge >= 0.3 is 5.97 Å². The van der Waals surface area contributed by atoms with Crippen LogP contribution in [0.15, 0.2) is 24.3 Å². The van der Waals surface area contributed by atoms with Crippen molar-refractivity contribution in [2.75, 3.05) is 19.7 Å². The summed E-state index contributed by atoms with van der Waals surface area (Å²) in [7, 11) is 0. The fourth-order valence-electron chi connectivity index (χ4n) is 2.45. The van der Waals surface area contributed by atoms with Crippen LogP contribution in [0.1, 0.15) is 42.5 Å². The van der Waals surface area contributed by atoms with Crippen molar-refractivity contribution < 1.29 is 23.5 Å². The van der Waals surface area contributed by atoms with Gasteiger partial charge in [-0.1, -0.05) is 0 Å². The lowest BCUT2D eigenvalue weighted by Crippen LogP contribution is -2.32. The topological polar surface area (TPSA) is 63.7 Å². The Balaban J connectivity index is 1.63. The number of hydrogen-bond acceptors (Lipinski definition) is 4. The molecular weight excluding hydrogens is 301 g/mol. The molecule has 0 saturated carbocycles. The van der Waals surface area contributed by atoms with Crippen LogP contribution in [0.4, 0.5) is 4.39 Å². The molecule has 0 N–H and O–H groups in total. The molecule has 6 heteroatoms. The van der Waals surface area contributed by atoms with Crippen molar-refractivity contribution in [3.8, 4) is 0 Å². The molecule has 5 nitrogen and oxygen atoms in total. The van der Waals surface area contributed by atoms with Crippen LogP contribution in [0.5, 0.6) is 0 Å². The van der Waals surface area contributed by atoms with Crippen LogP contribution in [-0.2, 0) is 14.3 Å². The highest BCUT2D eigenvalue weighted by atomic mass is 19.1. The normalized spacial score (nSPS) is 13.9. The van der Waals surface area contributed by atoms with Crippen molar-refractivity contribution in [2.24, 2.45) is 0 Å². The molecule has 1 heterocycles. The van der Waals surface area contributed by atoms with Gasteiger partial charge in [0, 0.05) is 31.5 Å². The summed E-state index contributed by atoms with van der Waals surface area (Å²) in [5.74, 6) is -1.19. The number of ketones is 1. The third kappa shape index (κ3) is 5.47. The SMILES string of the molecule is O=C(CCCC(=O)c1ccc(F)cc1)OCC(=O)N1CCCC1. The van der Waals surface area contributed by atoms with E-state index < -0.39 is 11.8 Å². The number of rotatable bonds is 7. The van der Waals surface area contributed by atoms with E-state index in [2.05, 4.69) is 0 Å². The third-order valence-corrected chi connectivity index (χ3v) is 3.77. The Kier molecular flexibility index (Phi) is 6.26. The summed E-state index contributed by atoms with van der Waals surface area (Å²) in [6.07, 6.45) is 2.59. The zero-order chi connectivity index (χ0) is 16.7. The van der Waals surface area contributed by atoms with Gasteiger partial charge < -0.3 is 9.64 Å². The molecule has 1 amide bonds. The highest BCUT2D eigenvalue weighted by Crippen LogP contribution is 2.10. The monoisotopic (exact) mass is 321 g/mol. The van der Waals surface area contributed by atoms with Gasteiger partial charge in [-0.05, 0) is 43.5 Å². The van der Waals surface area contributed by atoms with E-state index in [9.17, 15) is 18.8 Å². The van der Waals surface area contributed by atoms with E-state index in [0.717, 1.165) is 25.9 Å². The van der Waals surface area contributed by atoms with Gasteiger partial charge in [-0.15, -0.1) is 0 Å². The Morgan fingerprint density at radius 1 is 1.04 bits per heavy atom. The van der Waals surface area contributed by atoms with Gasteiger partial charge in [0.15, 0.2) is 12.4 Å². The highest BCUT2D eigenvalue weighted by molar-refractivity contribution is 5.96. The Morgan fingerprint density at radius 3 is 2.35 bits per heavy atom. The average Bonchev–Trinajstić information content (AvgIpc) is 3.07. The maximum atomic E-state index is 12.8. The molecule has 124 valence electrons. The average molecular weight is 321 g/mol. The molecule has 0 aliphatic carbocycles. The van der Waals surface area contributed by atoms with Crippen LogP contribution >= 0.6 is 0 Å². The molecule has 1 aromatic rings. The molecule has 0 unspecified atom stereocenters. The fourth-order valence-corrected chi connectivity index (χ4v) is 2.45. The van der Waals surface area contributed by atoms with Gasteiger partial charge in [0.25, 0.3) is 5.91 Å². The molecule has 1 aliphatic rings. The van der Waals surface area contributed by atoms with Crippen molar-refractivity contribution in [2.45, 2.75) is 32.1 Å².